The van der Waals surface area contributed by atoms with Crippen molar-refractivity contribution in [2.24, 2.45) is 4.99 Å². The second kappa shape index (κ2) is 7.45. The first-order chi connectivity index (χ1) is 12.9. The van der Waals surface area contributed by atoms with E-state index in [1.807, 2.05) is 55.6 Å². The molecule has 1 N–H and O–H groups in total. The van der Waals surface area contributed by atoms with Gasteiger partial charge in [0, 0.05) is 36.5 Å². The summed E-state index contributed by atoms with van der Waals surface area (Å²) < 4.78 is 7.23. The maximum atomic E-state index is 12.8. The van der Waals surface area contributed by atoms with Crippen molar-refractivity contribution in [1.82, 2.24) is 9.38 Å². The van der Waals surface area contributed by atoms with Crippen LogP contribution < -0.4 is 5.32 Å². The highest BCUT2D eigenvalue weighted by Crippen LogP contribution is 2.20. The van der Waals surface area contributed by atoms with Crippen LogP contribution in [-0.2, 0) is 4.74 Å². The Labute approximate surface area is 159 Å². The summed E-state index contributed by atoms with van der Waals surface area (Å²) in [6.07, 6.45) is 3.28. The van der Waals surface area contributed by atoms with E-state index >= 15 is 0 Å². The summed E-state index contributed by atoms with van der Waals surface area (Å²) >= 11 is 0. The standard InChI is InChI=1S/C21H22N4O2.H2/c1-6-22-21(27-5)18-12-16(8-7-13(18)2)24-20(26)17-9-10-25-15(4)11-14(3)23-19(17)25;/h6-12H,1H2,2-5H3,(H,24,26);1H. The second-order valence-electron chi connectivity index (χ2n) is 6.27. The summed E-state index contributed by atoms with van der Waals surface area (Å²) in [6, 6.07) is 9.35. The summed E-state index contributed by atoms with van der Waals surface area (Å²) in [5.41, 5.74) is 5.49. The van der Waals surface area contributed by atoms with E-state index in [9.17, 15) is 4.79 Å². The molecule has 140 valence electrons. The molecule has 2 heterocycles. The summed E-state index contributed by atoms with van der Waals surface area (Å²) in [7, 11) is 1.55. The Kier molecular flexibility index (Phi) is 5.07. The Morgan fingerprint density at radius 1 is 1.26 bits per heavy atom. The molecular formula is C21H24N4O2. The van der Waals surface area contributed by atoms with E-state index in [0.717, 1.165) is 22.5 Å². The monoisotopic (exact) mass is 364 g/mol. The Hall–Kier alpha value is -3.41. The van der Waals surface area contributed by atoms with Crippen LogP contribution in [0.5, 0.6) is 0 Å². The van der Waals surface area contributed by atoms with E-state index in [0.29, 0.717) is 22.8 Å². The average molecular weight is 364 g/mol. The van der Waals surface area contributed by atoms with Gasteiger partial charge >= 0.3 is 0 Å². The van der Waals surface area contributed by atoms with Crippen LogP contribution >= 0.6 is 0 Å². The van der Waals surface area contributed by atoms with Gasteiger partial charge in [0.05, 0.1) is 12.7 Å². The molecule has 0 atom stereocenters. The van der Waals surface area contributed by atoms with E-state index in [1.165, 1.54) is 6.20 Å². The minimum Gasteiger partial charge on any atom is -0.481 e. The third-order valence-electron chi connectivity index (χ3n) is 4.31. The number of nitrogens with one attached hydrogen (secondary N) is 1. The van der Waals surface area contributed by atoms with Gasteiger partial charge in [-0.3, -0.25) is 4.79 Å². The molecule has 0 fully saturated rings. The molecule has 0 spiro atoms. The topological polar surface area (TPSA) is 68.0 Å². The highest BCUT2D eigenvalue weighted by atomic mass is 16.5. The van der Waals surface area contributed by atoms with Gasteiger partial charge in [0.25, 0.3) is 5.91 Å². The lowest BCUT2D eigenvalue weighted by atomic mass is 10.1. The number of aliphatic imine (C=N–C) groups is 1. The number of ether oxygens (including phenoxy) is 1. The van der Waals surface area contributed by atoms with Crippen LogP contribution in [0.25, 0.3) is 5.65 Å². The predicted molar refractivity (Wildman–Crippen MR) is 110 cm³/mol. The van der Waals surface area contributed by atoms with Gasteiger partial charge in [-0.25, -0.2) is 9.98 Å². The molecule has 1 aromatic carbocycles. The van der Waals surface area contributed by atoms with Gasteiger partial charge in [-0.1, -0.05) is 12.6 Å². The molecule has 6 nitrogen and oxygen atoms in total. The number of rotatable bonds is 4. The van der Waals surface area contributed by atoms with Crippen LogP contribution in [-0.4, -0.2) is 28.3 Å². The molecule has 0 unspecified atom stereocenters. The Bertz CT molecular complexity index is 1070. The van der Waals surface area contributed by atoms with Crippen LogP contribution in [0.15, 0.2) is 54.3 Å². The summed E-state index contributed by atoms with van der Waals surface area (Å²) in [5, 5.41) is 2.94. The molecule has 1 amide bonds. The Morgan fingerprint density at radius 3 is 2.74 bits per heavy atom. The number of aryl methyl sites for hydroxylation is 3. The van der Waals surface area contributed by atoms with Gasteiger partial charge in [0.1, 0.15) is 5.65 Å². The van der Waals surface area contributed by atoms with Gasteiger partial charge in [-0.2, -0.15) is 0 Å². The molecule has 0 aliphatic heterocycles. The summed E-state index contributed by atoms with van der Waals surface area (Å²) in [6.45, 7) is 9.46. The SMILES string of the molecule is C=CN=C(OC)c1cc(NC(=O)c2ccn3c(C)cc(C)nc23)ccc1C.[HH]. The Morgan fingerprint density at radius 2 is 2.04 bits per heavy atom. The smallest absolute Gasteiger partial charge is 0.259 e. The molecule has 0 aliphatic carbocycles. The molecule has 27 heavy (non-hydrogen) atoms. The first kappa shape index (κ1) is 18.4. The van der Waals surface area contributed by atoms with Crippen LogP contribution in [0.1, 0.15) is 34.3 Å². The lowest BCUT2D eigenvalue weighted by molar-refractivity contribution is 0.102. The fourth-order valence-corrected chi connectivity index (χ4v) is 3.01. The van der Waals surface area contributed by atoms with Crippen molar-refractivity contribution < 1.29 is 11.0 Å². The zero-order valence-electron chi connectivity index (χ0n) is 15.9. The molecule has 0 radical (unpaired) electrons. The van der Waals surface area contributed by atoms with Gasteiger partial charge in [-0.05, 0) is 50.6 Å². The van der Waals surface area contributed by atoms with Crippen LogP contribution in [0.4, 0.5) is 5.69 Å². The number of anilines is 1. The number of nitrogens with zero attached hydrogens (tertiary/aromatic N) is 3. The number of aromatic nitrogens is 2. The third-order valence-corrected chi connectivity index (χ3v) is 4.31. The largest absolute Gasteiger partial charge is 0.481 e. The van der Waals surface area contributed by atoms with Crippen molar-refractivity contribution in [1.29, 1.82) is 0 Å². The summed E-state index contributed by atoms with van der Waals surface area (Å²) in [5.74, 6) is 0.227. The molecule has 0 saturated heterocycles. The maximum Gasteiger partial charge on any atom is 0.259 e. The molecule has 2 aromatic heterocycles. The number of fused-ring (bicyclic) bond motifs is 1. The van der Waals surface area contributed by atoms with Crippen LogP contribution in [0.3, 0.4) is 0 Å². The van der Waals surface area contributed by atoms with E-state index in [2.05, 4.69) is 21.9 Å². The van der Waals surface area contributed by atoms with Crippen LogP contribution in [0.2, 0.25) is 0 Å². The van der Waals surface area contributed by atoms with Crippen molar-refractivity contribution in [3.63, 3.8) is 0 Å². The highest BCUT2D eigenvalue weighted by molar-refractivity contribution is 6.09. The fourth-order valence-electron chi connectivity index (χ4n) is 3.01. The maximum absolute atomic E-state index is 12.8. The first-order valence-electron chi connectivity index (χ1n) is 8.55. The quantitative estimate of drug-likeness (QED) is 0.554. The molecular weight excluding hydrogens is 340 g/mol. The molecule has 3 aromatic rings. The Balaban J connectivity index is 0.00000280. The normalized spacial score (nSPS) is 11.5. The van der Waals surface area contributed by atoms with E-state index < -0.39 is 0 Å². The van der Waals surface area contributed by atoms with Crippen molar-refractivity contribution in [2.75, 3.05) is 12.4 Å². The van der Waals surface area contributed by atoms with Crippen molar-refractivity contribution in [3.05, 3.63) is 77.4 Å². The summed E-state index contributed by atoms with van der Waals surface area (Å²) in [4.78, 5) is 21.5. The van der Waals surface area contributed by atoms with Gasteiger partial charge in [-0.15, -0.1) is 0 Å². The molecule has 6 heteroatoms. The second-order valence-corrected chi connectivity index (χ2v) is 6.27. The fraction of sp³-hybridized carbons (Fsp3) is 0.190. The van der Waals surface area contributed by atoms with E-state index in [4.69, 9.17) is 4.74 Å². The molecule has 3 rings (SSSR count). The predicted octanol–water partition coefficient (Wildman–Crippen LogP) is 4.29. The highest BCUT2D eigenvalue weighted by Gasteiger charge is 2.15. The number of hydrogen-bond donors (Lipinski definition) is 1. The number of methoxy groups -OCH3 is 1. The number of carbonyl (C=O) groups excluding carboxylic acids is 1. The number of hydrogen-bond acceptors (Lipinski definition) is 4. The average Bonchev–Trinajstić information content (AvgIpc) is 3.05. The lowest BCUT2D eigenvalue weighted by Crippen LogP contribution is -2.14. The van der Waals surface area contributed by atoms with Gasteiger partial charge in [0.15, 0.2) is 0 Å². The van der Waals surface area contributed by atoms with Gasteiger partial charge < -0.3 is 14.5 Å². The minimum absolute atomic E-state index is 0. The lowest BCUT2D eigenvalue weighted by Gasteiger charge is -2.11. The van der Waals surface area contributed by atoms with Crippen molar-refractivity contribution >= 4 is 23.1 Å². The van der Waals surface area contributed by atoms with Crippen molar-refractivity contribution in [2.45, 2.75) is 20.8 Å². The third kappa shape index (κ3) is 3.60. The van der Waals surface area contributed by atoms with Crippen molar-refractivity contribution in [3.8, 4) is 0 Å². The van der Waals surface area contributed by atoms with E-state index in [-0.39, 0.29) is 7.33 Å². The first-order valence-corrected chi connectivity index (χ1v) is 8.55. The van der Waals surface area contributed by atoms with Crippen LogP contribution in [0, 0.1) is 20.8 Å². The molecule has 0 bridgehead atoms. The zero-order chi connectivity index (χ0) is 19.6. The minimum atomic E-state index is -0.218. The van der Waals surface area contributed by atoms with E-state index in [1.54, 1.807) is 13.2 Å². The number of carbonyl (C=O) groups is 1. The number of amides is 1. The zero-order valence-corrected chi connectivity index (χ0v) is 15.9. The number of benzene rings is 1. The molecule has 0 saturated carbocycles. The molecule has 0 aliphatic rings. The van der Waals surface area contributed by atoms with Gasteiger partial charge in [0.2, 0.25) is 5.90 Å².